The topological polar surface area (TPSA) is 64.9 Å². The highest BCUT2D eigenvalue weighted by Gasteiger charge is 2.20. The van der Waals surface area contributed by atoms with Crippen molar-refractivity contribution < 1.29 is 4.52 Å². The molecule has 1 atom stereocenters. The van der Waals surface area contributed by atoms with Gasteiger partial charge in [-0.25, -0.2) is 0 Å². The average molecular weight is 229 g/mol. The molecule has 17 heavy (non-hydrogen) atoms. The number of nitrogens with two attached hydrogens (primary N) is 1. The Labute approximate surface area is 99.8 Å². The Bertz CT molecular complexity index is 547. The Kier molecular flexibility index (Phi) is 2.44. The molecular weight excluding hydrogens is 214 g/mol. The van der Waals surface area contributed by atoms with Gasteiger partial charge in [0.15, 0.2) is 0 Å². The third kappa shape index (κ3) is 1.74. The molecule has 2 N–H and O–H groups in total. The van der Waals surface area contributed by atoms with Crippen LogP contribution in [0, 0.1) is 0 Å². The summed E-state index contributed by atoms with van der Waals surface area (Å²) in [7, 11) is 0. The number of aromatic nitrogens is 2. The summed E-state index contributed by atoms with van der Waals surface area (Å²) in [6.07, 6.45) is 2.84. The quantitative estimate of drug-likeness (QED) is 0.857. The van der Waals surface area contributed by atoms with Crippen molar-refractivity contribution >= 4 is 0 Å². The van der Waals surface area contributed by atoms with Crippen molar-refractivity contribution in [2.45, 2.75) is 32.2 Å². The van der Waals surface area contributed by atoms with E-state index in [1.165, 1.54) is 11.1 Å². The molecule has 4 heteroatoms. The minimum atomic E-state index is 0.190. The molecule has 1 aliphatic rings. The van der Waals surface area contributed by atoms with Gasteiger partial charge in [0.05, 0.1) is 0 Å². The Morgan fingerprint density at radius 1 is 1.47 bits per heavy atom. The molecule has 0 fully saturated rings. The molecule has 0 radical (unpaired) electrons. The molecule has 88 valence electrons. The first-order valence-electron chi connectivity index (χ1n) is 5.99. The Balaban J connectivity index is 1.99. The van der Waals surface area contributed by atoms with Crippen LogP contribution in [-0.4, -0.2) is 10.1 Å². The fraction of sp³-hybridized carbons (Fsp3) is 0.385. The predicted octanol–water partition coefficient (Wildman–Crippen LogP) is 2.25. The predicted molar refractivity (Wildman–Crippen MR) is 64.4 cm³/mol. The van der Waals surface area contributed by atoms with Crippen LogP contribution >= 0.6 is 0 Å². The number of fused-ring (bicyclic) bond motifs is 1. The van der Waals surface area contributed by atoms with E-state index in [-0.39, 0.29) is 6.04 Å². The summed E-state index contributed by atoms with van der Waals surface area (Å²) in [5, 5.41) is 3.98. The second-order valence-electron chi connectivity index (χ2n) is 4.42. The fourth-order valence-electron chi connectivity index (χ4n) is 2.31. The standard InChI is InChI=1S/C13H15N3O/c1-2-12-15-13(16-17-12)9-3-5-10-8(7-9)4-6-11(10)14/h3,5,7,11H,2,4,6,14H2,1H3. The molecule has 1 aromatic heterocycles. The first-order chi connectivity index (χ1) is 8.28. The number of hydrogen-bond acceptors (Lipinski definition) is 4. The van der Waals surface area contributed by atoms with E-state index in [4.69, 9.17) is 10.3 Å². The van der Waals surface area contributed by atoms with Crippen molar-refractivity contribution in [2.75, 3.05) is 0 Å². The number of benzene rings is 1. The molecule has 1 heterocycles. The van der Waals surface area contributed by atoms with E-state index in [0.717, 1.165) is 24.8 Å². The molecule has 0 bridgehead atoms. The van der Waals surface area contributed by atoms with Gasteiger partial charge in [-0.2, -0.15) is 4.98 Å². The first kappa shape index (κ1) is 10.5. The van der Waals surface area contributed by atoms with Crippen LogP contribution in [0.5, 0.6) is 0 Å². The summed E-state index contributed by atoms with van der Waals surface area (Å²) >= 11 is 0. The zero-order valence-electron chi connectivity index (χ0n) is 9.81. The Morgan fingerprint density at radius 3 is 3.12 bits per heavy atom. The lowest BCUT2D eigenvalue weighted by molar-refractivity contribution is 0.383. The third-order valence-corrected chi connectivity index (χ3v) is 3.30. The molecular formula is C13H15N3O. The molecule has 0 saturated heterocycles. The van der Waals surface area contributed by atoms with Gasteiger partial charge in [0.25, 0.3) is 0 Å². The molecule has 0 amide bonds. The second kappa shape index (κ2) is 3.96. The van der Waals surface area contributed by atoms with Gasteiger partial charge in [-0.05, 0) is 30.0 Å². The minimum absolute atomic E-state index is 0.190. The van der Waals surface area contributed by atoms with Crippen molar-refractivity contribution in [3.8, 4) is 11.4 Å². The lowest BCUT2D eigenvalue weighted by Crippen LogP contribution is -2.04. The van der Waals surface area contributed by atoms with Crippen LogP contribution in [0.15, 0.2) is 22.7 Å². The van der Waals surface area contributed by atoms with Crippen LogP contribution in [0.2, 0.25) is 0 Å². The largest absolute Gasteiger partial charge is 0.339 e. The second-order valence-corrected chi connectivity index (χ2v) is 4.42. The van der Waals surface area contributed by atoms with Gasteiger partial charge in [-0.1, -0.05) is 24.2 Å². The number of aryl methyl sites for hydroxylation is 2. The molecule has 1 aromatic carbocycles. The normalized spacial score (nSPS) is 18.4. The Hall–Kier alpha value is -1.68. The van der Waals surface area contributed by atoms with E-state index in [9.17, 15) is 0 Å². The van der Waals surface area contributed by atoms with Gasteiger partial charge in [-0.3, -0.25) is 0 Å². The van der Waals surface area contributed by atoms with Crippen molar-refractivity contribution in [3.05, 3.63) is 35.2 Å². The fourth-order valence-corrected chi connectivity index (χ4v) is 2.31. The van der Waals surface area contributed by atoms with E-state index >= 15 is 0 Å². The van der Waals surface area contributed by atoms with Crippen LogP contribution in [-0.2, 0) is 12.8 Å². The molecule has 0 aliphatic heterocycles. The van der Waals surface area contributed by atoms with Crippen molar-refractivity contribution in [1.82, 2.24) is 10.1 Å². The molecule has 0 spiro atoms. The van der Waals surface area contributed by atoms with Gasteiger partial charge in [0.1, 0.15) is 0 Å². The maximum absolute atomic E-state index is 6.01. The van der Waals surface area contributed by atoms with Crippen LogP contribution in [0.3, 0.4) is 0 Å². The van der Waals surface area contributed by atoms with Gasteiger partial charge < -0.3 is 10.3 Å². The van der Waals surface area contributed by atoms with Gasteiger partial charge >= 0.3 is 0 Å². The molecule has 0 saturated carbocycles. The summed E-state index contributed by atoms with van der Waals surface area (Å²) in [6, 6.07) is 6.43. The van der Waals surface area contributed by atoms with E-state index < -0.39 is 0 Å². The van der Waals surface area contributed by atoms with Crippen LogP contribution in [0.1, 0.15) is 36.4 Å². The van der Waals surface area contributed by atoms with E-state index in [1.807, 2.05) is 13.0 Å². The molecule has 2 aromatic rings. The summed E-state index contributed by atoms with van der Waals surface area (Å²) < 4.78 is 5.12. The maximum Gasteiger partial charge on any atom is 0.226 e. The summed E-state index contributed by atoms with van der Waals surface area (Å²) in [5.41, 5.74) is 9.60. The van der Waals surface area contributed by atoms with E-state index in [0.29, 0.717) is 11.7 Å². The smallest absolute Gasteiger partial charge is 0.226 e. The third-order valence-electron chi connectivity index (χ3n) is 3.30. The lowest BCUT2D eigenvalue weighted by Gasteiger charge is -2.04. The lowest BCUT2D eigenvalue weighted by atomic mass is 10.0. The summed E-state index contributed by atoms with van der Waals surface area (Å²) in [5.74, 6) is 1.35. The SMILES string of the molecule is CCc1nc(-c2ccc3c(c2)CCC3N)no1. The highest BCUT2D eigenvalue weighted by molar-refractivity contribution is 5.58. The van der Waals surface area contributed by atoms with Crippen LogP contribution in [0.25, 0.3) is 11.4 Å². The van der Waals surface area contributed by atoms with Crippen LogP contribution < -0.4 is 5.73 Å². The maximum atomic E-state index is 6.01. The first-order valence-corrected chi connectivity index (χ1v) is 5.99. The number of rotatable bonds is 2. The van der Waals surface area contributed by atoms with Crippen molar-refractivity contribution in [2.24, 2.45) is 5.73 Å². The average Bonchev–Trinajstić information content (AvgIpc) is 2.96. The zero-order chi connectivity index (χ0) is 11.8. The summed E-state index contributed by atoms with van der Waals surface area (Å²) in [4.78, 5) is 4.33. The van der Waals surface area contributed by atoms with Gasteiger partial charge in [0.2, 0.25) is 11.7 Å². The summed E-state index contributed by atoms with van der Waals surface area (Å²) in [6.45, 7) is 2.00. The molecule has 4 nitrogen and oxygen atoms in total. The van der Waals surface area contributed by atoms with Crippen LogP contribution in [0.4, 0.5) is 0 Å². The van der Waals surface area contributed by atoms with E-state index in [2.05, 4.69) is 22.3 Å². The number of nitrogens with zero attached hydrogens (tertiary/aromatic N) is 2. The van der Waals surface area contributed by atoms with Crippen molar-refractivity contribution in [1.29, 1.82) is 0 Å². The molecule has 3 rings (SSSR count). The Morgan fingerprint density at radius 2 is 2.35 bits per heavy atom. The van der Waals surface area contributed by atoms with E-state index in [1.54, 1.807) is 0 Å². The molecule has 1 aliphatic carbocycles. The monoisotopic (exact) mass is 229 g/mol. The van der Waals surface area contributed by atoms with Gasteiger partial charge in [0, 0.05) is 18.0 Å². The highest BCUT2D eigenvalue weighted by Crippen LogP contribution is 2.31. The minimum Gasteiger partial charge on any atom is -0.339 e. The van der Waals surface area contributed by atoms with Crippen molar-refractivity contribution in [3.63, 3.8) is 0 Å². The highest BCUT2D eigenvalue weighted by atomic mass is 16.5. The van der Waals surface area contributed by atoms with Gasteiger partial charge in [-0.15, -0.1) is 0 Å². The molecule has 1 unspecified atom stereocenters. The zero-order valence-corrected chi connectivity index (χ0v) is 9.81. The number of hydrogen-bond donors (Lipinski definition) is 1.